The smallest absolute Gasteiger partial charge is 0.161 e. The summed E-state index contributed by atoms with van der Waals surface area (Å²) in [5.41, 5.74) is 3.50. The topological polar surface area (TPSA) is 64.6 Å². The molecule has 0 spiro atoms. The zero-order chi connectivity index (χ0) is 44.7. The maximum absolute atomic E-state index is 7.93. The minimum Gasteiger partial charge on any atom is -0.490 e. The number of benzene rings is 6. The molecule has 0 fully saturated rings. The summed E-state index contributed by atoms with van der Waals surface area (Å²) >= 11 is 0. The van der Waals surface area contributed by atoms with Crippen molar-refractivity contribution in [3.8, 4) is 46.0 Å². The van der Waals surface area contributed by atoms with Crippen LogP contribution in [0.5, 0.6) is 46.0 Å². The minimum absolute atomic E-state index is 0.310. The van der Waals surface area contributed by atoms with Gasteiger partial charge in [0.2, 0.25) is 0 Å². The van der Waals surface area contributed by atoms with Crippen LogP contribution in [0.15, 0.2) is 146 Å². The molecule has 4 atom stereocenters. The lowest BCUT2D eigenvalue weighted by atomic mass is 9.70. The molecule has 6 rings (SSSR count). The zero-order valence-electron chi connectivity index (χ0n) is 38.5. The van der Waals surface area contributed by atoms with Crippen LogP contribution in [0.1, 0.15) is 90.5 Å². The Hall–Kier alpha value is -5.92. The predicted octanol–water partition coefficient (Wildman–Crippen LogP) is 14.1. The monoisotopic (exact) mass is 850 g/mol. The average molecular weight is 851 g/mol. The van der Waals surface area contributed by atoms with Gasteiger partial charge < -0.3 is 33.2 Å². The van der Waals surface area contributed by atoms with Crippen LogP contribution in [0.3, 0.4) is 0 Å². The second-order valence-electron chi connectivity index (χ2n) is 16.2. The van der Waals surface area contributed by atoms with Gasteiger partial charge in [0.1, 0.15) is 23.0 Å². The summed E-state index contributed by atoms with van der Waals surface area (Å²) in [7, 11) is 0. The molecule has 0 aromatic heterocycles. The predicted molar refractivity (Wildman–Crippen MR) is 255 cm³/mol. The van der Waals surface area contributed by atoms with Gasteiger partial charge in [0.25, 0.3) is 0 Å². The second kappa shape index (κ2) is 22.4. The maximum Gasteiger partial charge on any atom is 0.161 e. The molecule has 332 valence electrons. The highest BCUT2D eigenvalue weighted by Crippen LogP contribution is 2.45. The van der Waals surface area contributed by atoms with Gasteiger partial charge in [0.15, 0.2) is 23.0 Å². The van der Waals surface area contributed by atoms with Crippen molar-refractivity contribution in [1.82, 2.24) is 0 Å². The van der Waals surface area contributed by atoms with Crippen molar-refractivity contribution in [2.24, 2.45) is 0 Å². The zero-order valence-corrected chi connectivity index (χ0v) is 38.5. The van der Waals surface area contributed by atoms with E-state index in [1.807, 2.05) is 113 Å². The highest BCUT2D eigenvalue weighted by Gasteiger charge is 2.43. The summed E-state index contributed by atoms with van der Waals surface area (Å²) in [4.78, 5) is 0. The number of hydrogen-bond donors (Lipinski definition) is 0. The normalized spacial score (nSPS) is 14.1. The lowest BCUT2D eigenvalue weighted by Crippen LogP contribution is -2.48. The molecule has 0 aliphatic carbocycles. The Morgan fingerprint density at radius 1 is 0.381 bits per heavy atom. The molecule has 0 aliphatic heterocycles. The van der Waals surface area contributed by atoms with Crippen molar-refractivity contribution in [3.63, 3.8) is 0 Å². The molecule has 6 aromatic carbocycles. The van der Waals surface area contributed by atoms with Crippen LogP contribution in [-0.4, -0.2) is 38.6 Å². The molecule has 0 heterocycles. The van der Waals surface area contributed by atoms with Crippen molar-refractivity contribution in [1.29, 1.82) is 0 Å². The number of para-hydroxylation sites is 2. The van der Waals surface area contributed by atoms with E-state index in [1.54, 1.807) is 0 Å². The standard InChI is InChI=1S/C56H66O7/c1-9-55(7,43-31-33-49(57-11-3)51(39-43)59-13-5)53(37-41-23-21-29-47(35-41)61-45-25-17-15-18-26-45)63-54(38-42-24-22-30-48(36-42)62-46-27-19-16-20-28-46)56(8,10-2)44-32-34-50(58-12-4)52(40-44)60-14-6/h15-36,39-40,53-54H,9-14,37-38H2,1-8H3. The van der Waals surface area contributed by atoms with E-state index in [0.29, 0.717) is 39.3 Å². The molecule has 6 aromatic rings. The molecule has 7 heteroatoms. The third-order valence-electron chi connectivity index (χ3n) is 12.2. The first kappa shape index (κ1) is 46.6. The van der Waals surface area contributed by atoms with E-state index < -0.39 is 10.8 Å². The molecule has 0 amide bonds. The van der Waals surface area contributed by atoms with Crippen molar-refractivity contribution in [2.75, 3.05) is 26.4 Å². The third kappa shape index (κ3) is 11.8. The van der Waals surface area contributed by atoms with E-state index in [-0.39, 0.29) is 12.2 Å². The number of rotatable bonds is 24. The molecule has 0 radical (unpaired) electrons. The molecule has 63 heavy (non-hydrogen) atoms. The Balaban J connectivity index is 1.49. The van der Waals surface area contributed by atoms with Crippen LogP contribution in [0, 0.1) is 0 Å². The summed E-state index contributed by atoms with van der Waals surface area (Å²) in [6.07, 6.45) is 2.21. The van der Waals surface area contributed by atoms with Crippen LogP contribution in [-0.2, 0) is 28.4 Å². The molecule has 4 unspecified atom stereocenters. The maximum atomic E-state index is 7.93. The largest absolute Gasteiger partial charge is 0.490 e. The Morgan fingerprint density at radius 3 is 1.11 bits per heavy atom. The van der Waals surface area contributed by atoms with Gasteiger partial charge in [0, 0.05) is 10.8 Å². The van der Waals surface area contributed by atoms with Gasteiger partial charge in [-0.1, -0.05) is 100 Å². The first-order valence-electron chi connectivity index (χ1n) is 22.7. The first-order chi connectivity index (χ1) is 30.7. The molecular formula is C56H66O7. The average Bonchev–Trinajstić information content (AvgIpc) is 3.30. The first-order valence-corrected chi connectivity index (χ1v) is 22.7. The Labute approximate surface area is 376 Å². The van der Waals surface area contributed by atoms with Gasteiger partial charge >= 0.3 is 0 Å². The summed E-state index contributed by atoms with van der Waals surface area (Å²) < 4.78 is 45.2. The highest BCUT2D eigenvalue weighted by atomic mass is 16.5. The van der Waals surface area contributed by atoms with Crippen LogP contribution in [0.2, 0.25) is 0 Å². The van der Waals surface area contributed by atoms with Gasteiger partial charge in [-0.3, -0.25) is 0 Å². The lowest BCUT2D eigenvalue weighted by molar-refractivity contribution is -0.0840. The Bertz CT molecular complexity index is 2150. The van der Waals surface area contributed by atoms with E-state index in [2.05, 4.69) is 88.4 Å². The summed E-state index contributed by atoms with van der Waals surface area (Å²) in [5.74, 6) is 6.07. The van der Waals surface area contributed by atoms with Crippen LogP contribution < -0.4 is 28.4 Å². The van der Waals surface area contributed by atoms with Crippen molar-refractivity contribution >= 4 is 0 Å². The Morgan fingerprint density at radius 2 is 0.746 bits per heavy atom. The van der Waals surface area contributed by atoms with Gasteiger partial charge in [-0.15, -0.1) is 0 Å². The number of ether oxygens (including phenoxy) is 7. The summed E-state index contributed by atoms with van der Waals surface area (Å²) in [6.45, 7) is 19.3. The van der Waals surface area contributed by atoms with E-state index in [9.17, 15) is 0 Å². The molecule has 0 saturated heterocycles. The SMILES string of the molecule is CCOc1ccc(C(C)(CC)C(Cc2cccc(Oc3ccccc3)c2)OC(Cc2cccc(Oc3ccccc3)c2)C(C)(CC)c2ccc(OCC)c(OCC)c2)cc1OCC. The Kier molecular flexibility index (Phi) is 16.6. The van der Waals surface area contributed by atoms with Gasteiger partial charge in [-0.25, -0.2) is 0 Å². The molecule has 0 bridgehead atoms. The fourth-order valence-corrected chi connectivity index (χ4v) is 8.24. The van der Waals surface area contributed by atoms with Crippen molar-refractivity contribution in [2.45, 2.75) is 104 Å². The second-order valence-corrected chi connectivity index (χ2v) is 16.2. The molecule has 0 saturated carbocycles. The molecule has 0 N–H and O–H groups in total. The van der Waals surface area contributed by atoms with Crippen LogP contribution >= 0.6 is 0 Å². The van der Waals surface area contributed by atoms with Gasteiger partial charge in [-0.05, 0) is 148 Å². The van der Waals surface area contributed by atoms with Crippen molar-refractivity contribution < 1.29 is 33.2 Å². The van der Waals surface area contributed by atoms with Crippen molar-refractivity contribution in [3.05, 3.63) is 168 Å². The van der Waals surface area contributed by atoms with E-state index in [1.165, 1.54) is 0 Å². The fourth-order valence-electron chi connectivity index (χ4n) is 8.24. The van der Waals surface area contributed by atoms with Crippen LogP contribution in [0.4, 0.5) is 0 Å². The van der Waals surface area contributed by atoms with Gasteiger partial charge in [-0.2, -0.15) is 0 Å². The van der Waals surface area contributed by atoms with E-state index in [0.717, 1.165) is 81.1 Å². The van der Waals surface area contributed by atoms with E-state index >= 15 is 0 Å². The third-order valence-corrected chi connectivity index (χ3v) is 12.2. The number of hydrogen-bond acceptors (Lipinski definition) is 7. The summed E-state index contributed by atoms with van der Waals surface area (Å²) in [5, 5.41) is 0. The minimum atomic E-state index is -0.479. The quantitative estimate of drug-likeness (QED) is 0.0601. The molecular weight excluding hydrogens is 785 g/mol. The fraction of sp³-hybridized carbons (Fsp3) is 0.357. The molecule has 7 nitrogen and oxygen atoms in total. The van der Waals surface area contributed by atoms with E-state index in [4.69, 9.17) is 33.2 Å². The van der Waals surface area contributed by atoms with Gasteiger partial charge in [0.05, 0.1) is 38.6 Å². The summed E-state index contributed by atoms with van der Waals surface area (Å²) in [6, 6.07) is 49.4. The van der Waals surface area contributed by atoms with Crippen LogP contribution in [0.25, 0.3) is 0 Å². The molecule has 0 aliphatic rings. The highest BCUT2D eigenvalue weighted by molar-refractivity contribution is 5.48. The lowest BCUT2D eigenvalue weighted by Gasteiger charge is -2.45.